The van der Waals surface area contributed by atoms with Gasteiger partial charge >= 0.3 is 0 Å². The second-order valence-corrected chi connectivity index (χ2v) is 16.2. The standard InChI is InChI=1S/C47H56N4O4/c1-26(2)35-17-13-30(9)44-40(35)48-24-49-42-37(28(5)6)19-15-32(11)46(42)54-23-39-34(21-52-44)22-53-45-31(10)14-18-36(27(3)4)41(45)50-25-51-43-38(29(7)8)20-16-33(12)47(43)55-39/h13-20,26-29,34,39H,21-23H2,1-12H3. The van der Waals surface area contributed by atoms with E-state index in [-0.39, 0.29) is 49.4 Å². The molecule has 0 aromatic heterocycles. The zero-order chi connectivity index (χ0) is 39.6. The number of ether oxygens (including phenoxy) is 4. The Bertz CT molecular complexity index is 2200. The van der Waals surface area contributed by atoms with Crippen molar-refractivity contribution in [1.82, 2.24) is 0 Å². The summed E-state index contributed by atoms with van der Waals surface area (Å²) in [5.41, 5.74) is 10.9. The highest BCUT2D eigenvalue weighted by atomic mass is 16.5. The quantitative estimate of drug-likeness (QED) is 0.208. The molecule has 2 unspecified atom stereocenters. The van der Waals surface area contributed by atoms with Crippen LogP contribution in [0.3, 0.4) is 0 Å². The van der Waals surface area contributed by atoms with E-state index in [1.807, 2.05) is 27.7 Å². The molecule has 0 spiro atoms. The lowest BCUT2D eigenvalue weighted by Crippen LogP contribution is -2.40. The van der Waals surface area contributed by atoms with Crippen LogP contribution in [0.1, 0.15) is 124 Å². The van der Waals surface area contributed by atoms with Gasteiger partial charge in [0.1, 0.15) is 70.5 Å². The molecule has 0 N–H and O–H groups in total. The van der Waals surface area contributed by atoms with Crippen molar-refractivity contribution in [2.75, 3.05) is 19.8 Å². The van der Waals surface area contributed by atoms with E-state index in [0.717, 1.165) is 55.9 Å². The molecule has 0 aliphatic carbocycles. The molecule has 0 saturated carbocycles. The molecule has 0 fully saturated rings. The van der Waals surface area contributed by atoms with E-state index >= 15 is 0 Å². The van der Waals surface area contributed by atoms with E-state index in [1.54, 1.807) is 0 Å². The van der Waals surface area contributed by atoms with Gasteiger partial charge in [0, 0.05) is 0 Å². The van der Waals surface area contributed by atoms with Crippen LogP contribution < -0.4 is 18.9 Å². The summed E-state index contributed by atoms with van der Waals surface area (Å²) in [6.45, 7) is 26.2. The third-order valence-corrected chi connectivity index (χ3v) is 10.6. The molecule has 8 heteroatoms. The highest BCUT2D eigenvalue weighted by Crippen LogP contribution is 2.45. The summed E-state index contributed by atoms with van der Waals surface area (Å²) in [6.07, 6.45) is -0.541. The SMILES string of the molecule is Cc1ccc(C(C)C)c2c1OCC1COc3c(C)ccc(C(C)C)c3N=C=Nc3c(C(C)C)ccc(C)c3OC1COc1c(C)ccc(C(C)C)c1N=C=N2. The van der Waals surface area contributed by atoms with Crippen LogP contribution in [0.2, 0.25) is 0 Å². The maximum Gasteiger partial charge on any atom is 0.149 e. The Kier molecular flexibility index (Phi) is 12.0. The number of rotatable bonds is 4. The Morgan fingerprint density at radius 2 is 0.727 bits per heavy atom. The van der Waals surface area contributed by atoms with Gasteiger partial charge in [-0.1, -0.05) is 104 Å². The lowest BCUT2D eigenvalue weighted by atomic mass is 9.97. The number of aryl methyl sites for hydroxylation is 4. The largest absolute Gasteiger partial charge is 0.490 e. The molecule has 4 aromatic carbocycles. The number of hydrogen-bond acceptors (Lipinski definition) is 8. The van der Waals surface area contributed by atoms with Gasteiger partial charge in [-0.05, 0) is 95.9 Å². The van der Waals surface area contributed by atoms with Gasteiger partial charge in [0.25, 0.3) is 0 Å². The molecule has 2 heterocycles. The second kappa shape index (κ2) is 16.7. The minimum atomic E-state index is -0.541. The van der Waals surface area contributed by atoms with Crippen molar-refractivity contribution in [2.24, 2.45) is 25.9 Å². The molecule has 2 aliphatic rings. The van der Waals surface area contributed by atoms with Gasteiger partial charge in [0.15, 0.2) is 0 Å². The first-order valence-electron chi connectivity index (χ1n) is 19.7. The molecule has 0 amide bonds. The fourth-order valence-corrected chi connectivity index (χ4v) is 7.25. The third-order valence-electron chi connectivity index (χ3n) is 10.6. The number of nitrogens with zero attached hydrogens (tertiary/aromatic N) is 4. The Hall–Kier alpha value is -5.16. The summed E-state index contributed by atoms with van der Waals surface area (Å²) >= 11 is 0. The van der Waals surface area contributed by atoms with E-state index < -0.39 is 6.10 Å². The fourth-order valence-electron chi connectivity index (χ4n) is 7.25. The van der Waals surface area contributed by atoms with Crippen LogP contribution in [0.4, 0.5) is 22.7 Å². The summed E-state index contributed by atoms with van der Waals surface area (Å²) in [4.78, 5) is 19.6. The summed E-state index contributed by atoms with van der Waals surface area (Å²) in [6, 6.07) is 23.0. The Labute approximate surface area is 327 Å². The van der Waals surface area contributed by atoms with Crippen molar-refractivity contribution in [3.63, 3.8) is 0 Å². The van der Waals surface area contributed by atoms with Gasteiger partial charge in [-0.25, -0.2) is 0 Å². The van der Waals surface area contributed by atoms with E-state index in [1.165, 1.54) is 0 Å². The van der Waals surface area contributed by atoms with Gasteiger partial charge in [0.2, 0.25) is 0 Å². The first-order valence-corrected chi connectivity index (χ1v) is 19.7. The number of fused-ring (bicyclic) bond motifs is 5. The zero-order valence-corrected chi connectivity index (χ0v) is 34.6. The van der Waals surface area contributed by atoms with Gasteiger partial charge in [-0.15, -0.1) is 0 Å². The average molecular weight is 741 g/mol. The van der Waals surface area contributed by atoms with Crippen LogP contribution in [-0.4, -0.2) is 37.9 Å². The summed E-state index contributed by atoms with van der Waals surface area (Å²) in [5, 5.41) is 0. The van der Waals surface area contributed by atoms with Gasteiger partial charge in [-0.3, -0.25) is 0 Å². The van der Waals surface area contributed by atoms with Crippen LogP contribution in [0, 0.1) is 33.6 Å². The minimum Gasteiger partial charge on any atom is -0.490 e. The molecule has 4 aromatic rings. The molecule has 0 bridgehead atoms. The molecule has 288 valence electrons. The van der Waals surface area contributed by atoms with Crippen LogP contribution >= 0.6 is 0 Å². The monoisotopic (exact) mass is 740 g/mol. The topological polar surface area (TPSA) is 86.4 Å². The van der Waals surface area contributed by atoms with Crippen molar-refractivity contribution in [3.8, 4) is 23.0 Å². The third kappa shape index (κ3) is 8.27. The van der Waals surface area contributed by atoms with Gasteiger partial charge in [0.05, 0.1) is 19.1 Å². The predicted molar refractivity (Wildman–Crippen MR) is 224 cm³/mol. The molecular formula is C47H56N4O4. The summed E-state index contributed by atoms with van der Waals surface area (Å²) < 4.78 is 27.8. The van der Waals surface area contributed by atoms with Crippen molar-refractivity contribution in [1.29, 1.82) is 0 Å². The fraction of sp³-hybridized carbons (Fsp3) is 0.447. The van der Waals surface area contributed by atoms with Gasteiger partial charge in [-0.2, -0.15) is 20.0 Å². The molecule has 6 rings (SSSR count). The first-order chi connectivity index (χ1) is 26.3. The molecule has 0 radical (unpaired) electrons. The lowest BCUT2D eigenvalue weighted by Gasteiger charge is -2.31. The zero-order valence-electron chi connectivity index (χ0n) is 34.6. The second-order valence-electron chi connectivity index (χ2n) is 16.2. The van der Waals surface area contributed by atoms with E-state index in [0.29, 0.717) is 34.4 Å². The van der Waals surface area contributed by atoms with Crippen molar-refractivity contribution >= 4 is 34.8 Å². The van der Waals surface area contributed by atoms with E-state index in [4.69, 9.17) is 38.9 Å². The van der Waals surface area contributed by atoms with Crippen LogP contribution in [0.5, 0.6) is 23.0 Å². The average Bonchev–Trinajstić information content (AvgIpc) is 3.13. The summed E-state index contributed by atoms with van der Waals surface area (Å²) in [7, 11) is 0. The highest BCUT2D eigenvalue weighted by Gasteiger charge is 2.32. The van der Waals surface area contributed by atoms with Crippen LogP contribution in [0.25, 0.3) is 0 Å². The maximum absolute atomic E-state index is 7.19. The number of benzene rings is 4. The predicted octanol–water partition coefficient (Wildman–Crippen LogP) is 12.9. The molecular weight excluding hydrogens is 685 g/mol. The maximum atomic E-state index is 7.19. The van der Waals surface area contributed by atoms with E-state index in [9.17, 15) is 0 Å². The van der Waals surface area contributed by atoms with Crippen molar-refractivity contribution in [2.45, 2.75) is 113 Å². The smallest absolute Gasteiger partial charge is 0.149 e. The Morgan fingerprint density at radius 3 is 1.05 bits per heavy atom. The molecule has 2 aliphatic heterocycles. The lowest BCUT2D eigenvalue weighted by molar-refractivity contribution is 0.0305. The molecule has 0 saturated heterocycles. The molecule has 55 heavy (non-hydrogen) atoms. The Balaban J connectivity index is 1.63. The van der Waals surface area contributed by atoms with E-state index in [2.05, 4.69) is 116 Å². The van der Waals surface area contributed by atoms with Crippen LogP contribution in [-0.2, 0) is 0 Å². The normalized spacial score (nSPS) is 16.9. The van der Waals surface area contributed by atoms with Crippen molar-refractivity contribution < 1.29 is 18.9 Å². The molecule has 2 atom stereocenters. The molecule has 8 nitrogen and oxygen atoms in total. The number of hydrogen-bond donors (Lipinski definition) is 0. The van der Waals surface area contributed by atoms with Gasteiger partial charge < -0.3 is 18.9 Å². The first kappa shape index (κ1) is 39.5. The van der Waals surface area contributed by atoms with Crippen molar-refractivity contribution in [3.05, 3.63) is 93.0 Å². The minimum absolute atomic E-state index is 0.174. The Morgan fingerprint density at radius 1 is 0.436 bits per heavy atom. The highest BCUT2D eigenvalue weighted by molar-refractivity contribution is 5.73. The number of aliphatic imine (C=N–C) groups is 4. The summed E-state index contributed by atoms with van der Waals surface area (Å²) in [5.74, 6) is 3.16. The van der Waals surface area contributed by atoms with Crippen LogP contribution in [0.15, 0.2) is 68.5 Å².